The van der Waals surface area contributed by atoms with Gasteiger partial charge in [-0.2, -0.15) is 0 Å². The van der Waals surface area contributed by atoms with Crippen molar-refractivity contribution < 1.29 is 26.9 Å². The van der Waals surface area contributed by atoms with Crippen molar-refractivity contribution in [3.8, 4) is 28.3 Å². The number of sulfonamides is 1. The van der Waals surface area contributed by atoms with E-state index in [1.54, 1.807) is 57.3 Å². The molecule has 216 valence electrons. The molecule has 3 aromatic carbocycles. The van der Waals surface area contributed by atoms with Crippen LogP contribution in [0, 0.1) is 13.8 Å². The van der Waals surface area contributed by atoms with E-state index in [2.05, 4.69) is 14.9 Å². The second kappa shape index (κ2) is 11.9. The topological polar surface area (TPSA) is 128 Å². The number of methoxy groups -OCH3 is 1. The number of nitrogens with zero attached hydrogens (tertiary/aromatic N) is 3. The van der Waals surface area contributed by atoms with Crippen LogP contribution in [0.25, 0.3) is 22.6 Å². The molecule has 0 unspecified atom stereocenters. The maximum atomic E-state index is 13.6. The van der Waals surface area contributed by atoms with Gasteiger partial charge in [-0.3, -0.25) is 4.79 Å². The largest absolute Gasteiger partial charge is 0.497 e. The van der Waals surface area contributed by atoms with Gasteiger partial charge in [-0.05, 0) is 60.9 Å². The minimum Gasteiger partial charge on any atom is -0.497 e. The second-order valence-corrected chi connectivity index (χ2v) is 11.5. The Morgan fingerprint density at radius 2 is 1.83 bits per heavy atom. The average Bonchev–Trinajstić information content (AvgIpc) is 3.64. The SMILES string of the molecule is COc1cccc(CC(=O)N(C)Cc2cc(-c3ncco3)ccc2-c2ccccc2S(=O)(=O)Nc2onc(C)c2C)c1. The van der Waals surface area contributed by atoms with Gasteiger partial charge in [0.15, 0.2) is 0 Å². The van der Waals surface area contributed by atoms with Gasteiger partial charge in [0.2, 0.25) is 17.7 Å². The van der Waals surface area contributed by atoms with E-state index in [9.17, 15) is 13.2 Å². The third kappa shape index (κ3) is 6.06. The Bertz CT molecular complexity index is 1830. The van der Waals surface area contributed by atoms with Crippen molar-refractivity contribution >= 4 is 21.8 Å². The third-order valence-electron chi connectivity index (χ3n) is 6.96. The zero-order chi connectivity index (χ0) is 29.9. The summed E-state index contributed by atoms with van der Waals surface area (Å²) in [4.78, 5) is 19.2. The monoisotopic (exact) mass is 586 g/mol. The molecule has 0 bridgehead atoms. The predicted octanol–water partition coefficient (Wildman–Crippen LogP) is 5.62. The van der Waals surface area contributed by atoms with E-state index >= 15 is 0 Å². The van der Waals surface area contributed by atoms with Gasteiger partial charge in [0.05, 0.1) is 30.3 Å². The number of hydrogen-bond acceptors (Lipinski definition) is 8. The first-order valence-corrected chi connectivity index (χ1v) is 14.6. The van der Waals surface area contributed by atoms with E-state index in [1.165, 1.54) is 12.3 Å². The molecule has 10 nitrogen and oxygen atoms in total. The molecular formula is C31H30N4O6S. The predicted molar refractivity (Wildman–Crippen MR) is 157 cm³/mol. The van der Waals surface area contributed by atoms with Gasteiger partial charge in [-0.1, -0.05) is 41.6 Å². The molecule has 0 aliphatic rings. The number of hydrogen-bond donors (Lipinski definition) is 1. The number of aryl methyl sites for hydroxylation is 1. The Morgan fingerprint density at radius 3 is 2.55 bits per heavy atom. The summed E-state index contributed by atoms with van der Waals surface area (Å²) in [6, 6.07) is 19.5. The van der Waals surface area contributed by atoms with Crippen LogP contribution in [0.2, 0.25) is 0 Å². The molecule has 2 heterocycles. The molecule has 2 aromatic heterocycles. The van der Waals surface area contributed by atoms with Crippen molar-refractivity contribution in [2.75, 3.05) is 18.9 Å². The Labute approximate surface area is 244 Å². The number of nitrogens with one attached hydrogen (secondary N) is 1. The number of benzene rings is 3. The average molecular weight is 587 g/mol. The minimum absolute atomic E-state index is 0.0499. The smallest absolute Gasteiger partial charge is 0.264 e. The zero-order valence-corrected chi connectivity index (χ0v) is 24.4. The molecule has 5 aromatic rings. The fourth-order valence-corrected chi connectivity index (χ4v) is 5.80. The molecule has 0 fully saturated rings. The summed E-state index contributed by atoms with van der Waals surface area (Å²) in [5.74, 6) is 1.03. The summed E-state index contributed by atoms with van der Waals surface area (Å²) in [5, 5.41) is 3.85. The summed E-state index contributed by atoms with van der Waals surface area (Å²) < 4.78 is 45.7. The van der Waals surface area contributed by atoms with Crippen LogP contribution < -0.4 is 9.46 Å². The molecule has 42 heavy (non-hydrogen) atoms. The number of likely N-dealkylation sites (N-methyl/N-ethyl adjacent to an activating group) is 1. The molecule has 1 amide bonds. The van der Waals surface area contributed by atoms with Crippen LogP contribution in [-0.4, -0.2) is 43.5 Å². The van der Waals surface area contributed by atoms with Crippen molar-refractivity contribution in [3.63, 3.8) is 0 Å². The van der Waals surface area contributed by atoms with Gasteiger partial charge in [0.25, 0.3) is 10.0 Å². The maximum Gasteiger partial charge on any atom is 0.264 e. The van der Waals surface area contributed by atoms with Crippen LogP contribution in [0.5, 0.6) is 5.75 Å². The summed E-state index contributed by atoms with van der Waals surface area (Å²) >= 11 is 0. The lowest BCUT2D eigenvalue weighted by Crippen LogP contribution is -2.28. The van der Waals surface area contributed by atoms with Gasteiger partial charge >= 0.3 is 0 Å². The van der Waals surface area contributed by atoms with E-state index in [0.29, 0.717) is 45.2 Å². The minimum atomic E-state index is -4.07. The Balaban J connectivity index is 1.52. The van der Waals surface area contributed by atoms with E-state index in [-0.39, 0.29) is 29.7 Å². The van der Waals surface area contributed by atoms with Gasteiger partial charge < -0.3 is 18.6 Å². The number of rotatable bonds is 10. The number of aromatic nitrogens is 2. The van der Waals surface area contributed by atoms with Crippen molar-refractivity contribution in [2.45, 2.75) is 31.7 Å². The summed E-state index contributed by atoms with van der Waals surface area (Å²) in [6.07, 6.45) is 3.20. The number of carbonyl (C=O) groups excluding carboxylic acids is 1. The summed E-state index contributed by atoms with van der Waals surface area (Å²) in [5.41, 5.74) is 4.51. The van der Waals surface area contributed by atoms with Crippen LogP contribution >= 0.6 is 0 Å². The number of anilines is 1. The quantitative estimate of drug-likeness (QED) is 0.223. The first-order chi connectivity index (χ1) is 20.2. The molecule has 5 rings (SSSR count). The molecule has 0 atom stereocenters. The van der Waals surface area contributed by atoms with E-state index in [0.717, 1.165) is 5.56 Å². The normalized spacial score (nSPS) is 11.3. The lowest BCUT2D eigenvalue weighted by atomic mass is 9.96. The third-order valence-corrected chi connectivity index (χ3v) is 8.35. The summed E-state index contributed by atoms with van der Waals surface area (Å²) in [7, 11) is -0.779. The van der Waals surface area contributed by atoms with E-state index < -0.39 is 10.0 Å². The first kappa shape index (κ1) is 28.6. The van der Waals surface area contributed by atoms with Crippen molar-refractivity contribution in [1.82, 2.24) is 15.0 Å². The molecule has 0 spiro atoms. The lowest BCUT2D eigenvalue weighted by Gasteiger charge is -2.21. The van der Waals surface area contributed by atoms with E-state index in [1.807, 2.05) is 42.5 Å². The fourth-order valence-electron chi connectivity index (χ4n) is 4.53. The van der Waals surface area contributed by atoms with Crippen LogP contribution in [0.15, 0.2) is 93.0 Å². The maximum absolute atomic E-state index is 13.6. The number of carbonyl (C=O) groups is 1. The second-order valence-electron chi connectivity index (χ2n) is 9.81. The van der Waals surface area contributed by atoms with Crippen LogP contribution in [0.1, 0.15) is 22.4 Å². The highest BCUT2D eigenvalue weighted by Gasteiger charge is 2.25. The van der Waals surface area contributed by atoms with E-state index in [4.69, 9.17) is 13.7 Å². The fraction of sp³-hybridized carbons (Fsp3) is 0.194. The Hall–Kier alpha value is -4.90. The van der Waals surface area contributed by atoms with Gasteiger partial charge in [-0.15, -0.1) is 0 Å². The number of oxazole rings is 1. The number of amides is 1. The summed E-state index contributed by atoms with van der Waals surface area (Å²) in [6.45, 7) is 3.67. The highest BCUT2D eigenvalue weighted by atomic mass is 32.2. The van der Waals surface area contributed by atoms with Crippen LogP contribution in [0.4, 0.5) is 5.88 Å². The van der Waals surface area contributed by atoms with Crippen molar-refractivity contribution in [1.29, 1.82) is 0 Å². The standard InChI is InChI=1S/C31H30N4O6S/c1-20-21(2)33-41-30(20)34-42(37,38)28-11-6-5-10-27(28)26-13-12-23(31-32-14-15-40-31)18-24(26)19-35(3)29(36)17-22-8-7-9-25(16-22)39-4/h5-16,18,34H,17,19H2,1-4H3. The van der Waals surface area contributed by atoms with Crippen LogP contribution in [-0.2, 0) is 27.8 Å². The van der Waals surface area contributed by atoms with Gasteiger partial charge in [-0.25, -0.2) is 18.1 Å². The van der Waals surface area contributed by atoms with Crippen molar-refractivity contribution in [3.05, 3.63) is 102 Å². The number of ether oxygens (including phenoxy) is 1. The first-order valence-electron chi connectivity index (χ1n) is 13.1. The highest BCUT2D eigenvalue weighted by molar-refractivity contribution is 7.92. The molecule has 0 aliphatic carbocycles. The zero-order valence-electron chi connectivity index (χ0n) is 23.6. The van der Waals surface area contributed by atoms with Gasteiger partial charge in [0, 0.05) is 30.3 Å². The lowest BCUT2D eigenvalue weighted by molar-refractivity contribution is -0.129. The Kier molecular flexibility index (Phi) is 8.12. The van der Waals surface area contributed by atoms with Gasteiger partial charge in [0.1, 0.15) is 12.0 Å². The molecular weight excluding hydrogens is 556 g/mol. The molecule has 0 saturated heterocycles. The molecule has 1 N–H and O–H groups in total. The molecule has 0 aliphatic heterocycles. The van der Waals surface area contributed by atoms with Crippen LogP contribution in [0.3, 0.4) is 0 Å². The highest BCUT2D eigenvalue weighted by Crippen LogP contribution is 2.34. The molecule has 0 radical (unpaired) electrons. The Morgan fingerprint density at radius 1 is 1.02 bits per heavy atom. The molecule has 11 heteroatoms. The van der Waals surface area contributed by atoms with Crippen molar-refractivity contribution in [2.24, 2.45) is 0 Å². The molecule has 0 saturated carbocycles.